The van der Waals surface area contributed by atoms with Gasteiger partial charge in [0, 0.05) is 18.2 Å². The first kappa shape index (κ1) is 17.6. The van der Waals surface area contributed by atoms with Gasteiger partial charge in [-0.15, -0.1) is 0 Å². The molecule has 0 amide bonds. The molecule has 2 rings (SSSR count). The van der Waals surface area contributed by atoms with Crippen LogP contribution in [0.25, 0.3) is 0 Å². The number of hydrogen-bond acceptors (Lipinski definition) is 5. The van der Waals surface area contributed by atoms with E-state index >= 15 is 0 Å². The fraction of sp³-hybridized carbons (Fsp3) is 0.278. The Labute approximate surface area is 140 Å². The van der Waals surface area contributed by atoms with E-state index in [1.54, 1.807) is 0 Å². The van der Waals surface area contributed by atoms with Crippen molar-refractivity contribution in [2.24, 2.45) is 5.73 Å². The molecule has 0 saturated heterocycles. The van der Waals surface area contributed by atoms with Crippen molar-refractivity contribution < 1.29 is 24.1 Å². The van der Waals surface area contributed by atoms with Crippen molar-refractivity contribution in [3.63, 3.8) is 0 Å². The van der Waals surface area contributed by atoms with Crippen LogP contribution in [0.2, 0.25) is 0 Å². The van der Waals surface area contributed by atoms with Gasteiger partial charge in [-0.3, -0.25) is 0 Å². The van der Waals surface area contributed by atoms with Gasteiger partial charge in [-0.2, -0.15) is 0 Å². The van der Waals surface area contributed by atoms with Crippen molar-refractivity contribution in [2.75, 3.05) is 20.8 Å². The van der Waals surface area contributed by atoms with Gasteiger partial charge >= 0.3 is 5.97 Å². The van der Waals surface area contributed by atoms with Gasteiger partial charge in [0.05, 0.1) is 14.2 Å². The van der Waals surface area contributed by atoms with Gasteiger partial charge < -0.3 is 25.1 Å². The number of methoxy groups -OCH3 is 2. The lowest BCUT2D eigenvalue weighted by Crippen LogP contribution is -2.30. The van der Waals surface area contributed by atoms with E-state index in [1.165, 1.54) is 26.4 Å². The third-order valence-corrected chi connectivity index (χ3v) is 3.50. The molecule has 0 bridgehead atoms. The lowest BCUT2D eigenvalue weighted by molar-refractivity contribution is 0.0688. The second-order valence-corrected chi connectivity index (χ2v) is 5.27. The zero-order valence-corrected chi connectivity index (χ0v) is 13.7. The highest BCUT2D eigenvalue weighted by molar-refractivity contribution is 5.94. The average Bonchev–Trinajstić information content (AvgIpc) is 2.59. The molecule has 2 aromatic carbocycles. The zero-order chi connectivity index (χ0) is 17.5. The minimum absolute atomic E-state index is 0.0507. The van der Waals surface area contributed by atoms with Crippen molar-refractivity contribution in [3.05, 3.63) is 53.6 Å². The fourth-order valence-corrected chi connectivity index (χ4v) is 2.34. The first-order chi connectivity index (χ1) is 11.5. The van der Waals surface area contributed by atoms with Gasteiger partial charge in [0.2, 0.25) is 0 Å². The van der Waals surface area contributed by atoms with E-state index in [9.17, 15) is 9.90 Å². The number of carboxylic acids is 1. The van der Waals surface area contributed by atoms with Crippen molar-refractivity contribution in [1.82, 2.24) is 0 Å². The molecular weight excluding hydrogens is 310 g/mol. The number of benzene rings is 2. The van der Waals surface area contributed by atoms with Gasteiger partial charge in [0.25, 0.3) is 0 Å². The van der Waals surface area contributed by atoms with Crippen molar-refractivity contribution in [3.8, 4) is 17.2 Å². The SMILES string of the molecule is COc1cc(OC)c(C(=O)O)c(OC[C@H](N)Cc2ccccc2)c1. The highest BCUT2D eigenvalue weighted by Gasteiger charge is 2.20. The summed E-state index contributed by atoms with van der Waals surface area (Å²) >= 11 is 0. The third-order valence-electron chi connectivity index (χ3n) is 3.50. The maximum atomic E-state index is 11.5. The van der Waals surface area contributed by atoms with E-state index in [-0.39, 0.29) is 29.7 Å². The smallest absolute Gasteiger partial charge is 0.343 e. The molecule has 3 N–H and O–H groups in total. The standard InChI is InChI=1S/C18H21NO5/c1-22-14-9-15(23-2)17(18(20)21)16(10-14)24-11-13(19)8-12-6-4-3-5-7-12/h3-7,9-10,13H,8,11,19H2,1-2H3,(H,20,21)/t13-/m1/s1. The molecule has 128 valence electrons. The average molecular weight is 331 g/mol. The molecule has 0 fully saturated rings. The van der Waals surface area contributed by atoms with Gasteiger partial charge in [0.15, 0.2) is 0 Å². The van der Waals surface area contributed by atoms with Crippen LogP contribution in [0, 0.1) is 0 Å². The van der Waals surface area contributed by atoms with E-state index in [1.807, 2.05) is 30.3 Å². The molecular formula is C18H21NO5. The van der Waals surface area contributed by atoms with E-state index in [0.29, 0.717) is 12.2 Å². The normalized spacial score (nSPS) is 11.6. The summed E-state index contributed by atoms with van der Waals surface area (Å²) in [5.74, 6) is -0.347. The third kappa shape index (κ3) is 4.39. The summed E-state index contributed by atoms with van der Waals surface area (Å²) in [4.78, 5) is 11.5. The predicted molar refractivity (Wildman–Crippen MR) is 90.1 cm³/mol. The number of carbonyl (C=O) groups is 1. The summed E-state index contributed by atoms with van der Waals surface area (Å²) in [7, 11) is 2.88. The summed E-state index contributed by atoms with van der Waals surface area (Å²) in [5.41, 5.74) is 7.13. The number of aromatic carboxylic acids is 1. The number of carboxylic acid groups (broad SMARTS) is 1. The van der Waals surface area contributed by atoms with E-state index in [0.717, 1.165) is 5.56 Å². The number of rotatable bonds is 8. The van der Waals surface area contributed by atoms with Crippen LogP contribution < -0.4 is 19.9 Å². The Morgan fingerprint density at radius 1 is 1.12 bits per heavy atom. The van der Waals surface area contributed by atoms with Crippen LogP contribution in [-0.4, -0.2) is 37.9 Å². The summed E-state index contributed by atoms with van der Waals surface area (Å²) in [6.45, 7) is 0.172. The molecule has 0 aliphatic rings. The van der Waals surface area contributed by atoms with Crippen LogP contribution in [0.4, 0.5) is 0 Å². The molecule has 6 heteroatoms. The van der Waals surface area contributed by atoms with E-state index < -0.39 is 5.97 Å². The Morgan fingerprint density at radius 2 is 1.79 bits per heavy atom. The minimum Gasteiger partial charge on any atom is -0.496 e. The predicted octanol–water partition coefficient (Wildman–Crippen LogP) is 2.35. The molecule has 0 saturated carbocycles. The van der Waals surface area contributed by atoms with Crippen LogP contribution >= 0.6 is 0 Å². The van der Waals surface area contributed by atoms with Crippen molar-refractivity contribution in [2.45, 2.75) is 12.5 Å². The Kier molecular flexibility index (Phi) is 6.03. The van der Waals surface area contributed by atoms with Crippen molar-refractivity contribution >= 4 is 5.97 Å². The summed E-state index contributed by atoms with van der Waals surface area (Å²) in [6.07, 6.45) is 0.629. The van der Waals surface area contributed by atoms with Crippen molar-refractivity contribution in [1.29, 1.82) is 0 Å². The second-order valence-electron chi connectivity index (χ2n) is 5.27. The highest BCUT2D eigenvalue weighted by atomic mass is 16.5. The zero-order valence-electron chi connectivity index (χ0n) is 13.7. The molecule has 0 spiro atoms. The van der Waals surface area contributed by atoms with Gasteiger partial charge in [-0.05, 0) is 12.0 Å². The van der Waals surface area contributed by atoms with Crippen LogP contribution in [0.5, 0.6) is 17.2 Å². The summed E-state index contributed by atoms with van der Waals surface area (Å²) < 4.78 is 15.9. The fourth-order valence-electron chi connectivity index (χ4n) is 2.34. The Hall–Kier alpha value is -2.73. The lowest BCUT2D eigenvalue weighted by atomic mass is 10.1. The highest BCUT2D eigenvalue weighted by Crippen LogP contribution is 2.34. The Balaban J connectivity index is 2.14. The maximum Gasteiger partial charge on any atom is 0.343 e. The minimum atomic E-state index is -1.14. The quantitative estimate of drug-likeness (QED) is 0.771. The second kappa shape index (κ2) is 8.21. The molecule has 0 aliphatic carbocycles. The van der Waals surface area contributed by atoms with Gasteiger partial charge in [-0.25, -0.2) is 4.79 Å². The Bertz CT molecular complexity index is 687. The van der Waals surface area contributed by atoms with Crippen LogP contribution in [0.3, 0.4) is 0 Å². The van der Waals surface area contributed by atoms with Gasteiger partial charge in [-0.1, -0.05) is 30.3 Å². The molecule has 2 aromatic rings. The molecule has 6 nitrogen and oxygen atoms in total. The van der Waals surface area contributed by atoms with Crippen LogP contribution in [0.15, 0.2) is 42.5 Å². The van der Waals surface area contributed by atoms with E-state index in [4.69, 9.17) is 19.9 Å². The topological polar surface area (TPSA) is 91.0 Å². The first-order valence-corrected chi connectivity index (χ1v) is 7.46. The monoisotopic (exact) mass is 331 g/mol. The van der Waals surface area contributed by atoms with Crippen LogP contribution in [0.1, 0.15) is 15.9 Å². The van der Waals surface area contributed by atoms with E-state index in [2.05, 4.69) is 0 Å². The summed E-state index contributed by atoms with van der Waals surface area (Å²) in [6, 6.07) is 12.5. The molecule has 1 atom stereocenters. The largest absolute Gasteiger partial charge is 0.496 e. The number of hydrogen-bond donors (Lipinski definition) is 2. The molecule has 0 radical (unpaired) electrons. The molecule has 0 aromatic heterocycles. The van der Waals surface area contributed by atoms with Gasteiger partial charge in [0.1, 0.15) is 29.4 Å². The number of ether oxygens (including phenoxy) is 3. The number of nitrogens with two attached hydrogens (primary N) is 1. The van der Waals surface area contributed by atoms with Crippen LogP contribution in [-0.2, 0) is 6.42 Å². The molecule has 0 unspecified atom stereocenters. The Morgan fingerprint density at radius 3 is 2.38 bits per heavy atom. The molecule has 0 heterocycles. The molecule has 0 aliphatic heterocycles. The summed E-state index contributed by atoms with van der Waals surface area (Å²) in [5, 5.41) is 9.41. The molecule has 24 heavy (non-hydrogen) atoms. The first-order valence-electron chi connectivity index (χ1n) is 7.46. The lowest BCUT2D eigenvalue weighted by Gasteiger charge is -2.17. The maximum absolute atomic E-state index is 11.5.